The lowest BCUT2D eigenvalue weighted by Gasteiger charge is -2.10. The standard InChI is InChI=1S/C5H9F2NO3/c1-3(11-4(6)7)2-8-5(9)10/h3-4,8H,2H2,1H3,(H,9,10)/t3-/m0/s1. The molecule has 66 valence electrons. The lowest BCUT2D eigenvalue weighted by molar-refractivity contribution is -0.156. The van der Waals surface area contributed by atoms with Gasteiger partial charge < -0.3 is 15.2 Å². The molecule has 6 heteroatoms. The van der Waals surface area contributed by atoms with Crippen molar-refractivity contribution in [3.05, 3.63) is 0 Å². The zero-order valence-corrected chi connectivity index (χ0v) is 5.88. The van der Waals surface area contributed by atoms with Gasteiger partial charge >= 0.3 is 12.7 Å². The summed E-state index contributed by atoms with van der Waals surface area (Å²) < 4.78 is 26.8. The molecule has 2 N–H and O–H groups in total. The Hall–Kier alpha value is -0.910. The number of alkyl halides is 2. The van der Waals surface area contributed by atoms with Crippen molar-refractivity contribution in [1.29, 1.82) is 0 Å². The van der Waals surface area contributed by atoms with Gasteiger partial charge in [-0.25, -0.2) is 4.79 Å². The van der Waals surface area contributed by atoms with Crippen molar-refractivity contribution in [1.82, 2.24) is 5.32 Å². The number of hydrogen-bond acceptors (Lipinski definition) is 2. The highest BCUT2D eigenvalue weighted by atomic mass is 19.3. The Balaban J connectivity index is 3.37. The van der Waals surface area contributed by atoms with Gasteiger partial charge in [0.2, 0.25) is 0 Å². The average molecular weight is 169 g/mol. The minimum atomic E-state index is -2.86. The van der Waals surface area contributed by atoms with E-state index in [1.54, 1.807) is 0 Å². The van der Waals surface area contributed by atoms with Crippen molar-refractivity contribution in [2.45, 2.75) is 19.6 Å². The van der Waals surface area contributed by atoms with Crippen LogP contribution in [0.15, 0.2) is 0 Å². The van der Waals surface area contributed by atoms with Crippen molar-refractivity contribution in [2.24, 2.45) is 0 Å². The number of nitrogens with one attached hydrogen (secondary N) is 1. The van der Waals surface area contributed by atoms with Crippen LogP contribution in [0.5, 0.6) is 0 Å². The van der Waals surface area contributed by atoms with Crippen LogP contribution in [0.25, 0.3) is 0 Å². The Morgan fingerprint density at radius 1 is 1.73 bits per heavy atom. The summed E-state index contributed by atoms with van der Waals surface area (Å²) >= 11 is 0. The smallest absolute Gasteiger partial charge is 0.404 e. The molecule has 0 heterocycles. The Morgan fingerprint density at radius 3 is 2.64 bits per heavy atom. The molecule has 0 radical (unpaired) electrons. The number of halogens is 2. The molecule has 0 unspecified atom stereocenters. The number of rotatable bonds is 4. The largest absolute Gasteiger partial charge is 0.465 e. The zero-order valence-electron chi connectivity index (χ0n) is 5.88. The molecule has 0 rings (SSSR count). The summed E-state index contributed by atoms with van der Waals surface area (Å²) in [7, 11) is 0. The molecule has 0 aliphatic carbocycles. The molecule has 11 heavy (non-hydrogen) atoms. The minimum absolute atomic E-state index is 0.139. The second kappa shape index (κ2) is 4.84. The van der Waals surface area contributed by atoms with E-state index < -0.39 is 18.8 Å². The summed E-state index contributed by atoms with van der Waals surface area (Å²) in [5.41, 5.74) is 0. The van der Waals surface area contributed by atoms with Gasteiger partial charge in [0.15, 0.2) is 0 Å². The Bertz CT molecular complexity index is 131. The van der Waals surface area contributed by atoms with Crippen LogP contribution in [0.3, 0.4) is 0 Å². The predicted octanol–water partition coefficient (Wildman–Crippen LogP) is 0.882. The van der Waals surface area contributed by atoms with E-state index >= 15 is 0 Å². The normalized spacial score (nSPS) is 13.1. The van der Waals surface area contributed by atoms with Gasteiger partial charge in [0.25, 0.3) is 0 Å². The van der Waals surface area contributed by atoms with Gasteiger partial charge in [-0.15, -0.1) is 0 Å². The molecule has 1 amide bonds. The van der Waals surface area contributed by atoms with Gasteiger partial charge in [-0.3, -0.25) is 0 Å². The molecule has 0 saturated carbocycles. The highest BCUT2D eigenvalue weighted by Gasteiger charge is 2.09. The molecule has 0 bridgehead atoms. The molecular weight excluding hydrogens is 160 g/mol. The molecule has 0 aromatic carbocycles. The fraction of sp³-hybridized carbons (Fsp3) is 0.800. The number of hydrogen-bond donors (Lipinski definition) is 2. The van der Waals surface area contributed by atoms with Crippen molar-refractivity contribution in [2.75, 3.05) is 6.54 Å². The van der Waals surface area contributed by atoms with Crippen molar-refractivity contribution in [3.8, 4) is 0 Å². The SMILES string of the molecule is C[C@@H](CNC(=O)O)OC(F)F. The van der Waals surface area contributed by atoms with Gasteiger partial charge in [0.1, 0.15) is 0 Å². The van der Waals surface area contributed by atoms with Crippen LogP contribution >= 0.6 is 0 Å². The zero-order chi connectivity index (χ0) is 8.85. The van der Waals surface area contributed by atoms with Gasteiger partial charge in [-0.2, -0.15) is 8.78 Å². The average Bonchev–Trinajstić information content (AvgIpc) is 1.82. The van der Waals surface area contributed by atoms with Crippen LogP contribution in [0.2, 0.25) is 0 Å². The van der Waals surface area contributed by atoms with E-state index in [2.05, 4.69) is 4.74 Å². The van der Waals surface area contributed by atoms with Crippen molar-refractivity contribution >= 4 is 6.09 Å². The van der Waals surface area contributed by atoms with Gasteiger partial charge in [-0.05, 0) is 6.92 Å². The lowest BCUT2D eigenvalue weighted by Crippen LogP contribution is -2.31. The summed E-state index contributed by atoms with van der Waals surface area (Å²) in [6.07, 6.45) is -2.07. The second-order valence-electron chi connectivity index (χ2n) is 1.89. The fourth-order valence-electron chi connectivity index (χ4n) is 0.455. The number of ether oxygens (including phenoxy) is 1. The van der Waals surface area contributed by atoms with Crippen LogP contribution in [0.4, 0.5) is 13.6 Å². The maximum atomic E-state index is 11.4. The highest BCUT2D eigenvalue weighted by Crippen LogP contribution is 1.99. The van der Waals surface area contributed by atoms with Gasteiger partial charge in [0.05, 0.1) is 6.10 Å². The van der Waals surface area contributed by atoms with Crippen LogP contribution in [-0.2, 0) is 4.74 Å². The monoisotopic (exact) mass is 169 g/mol. The third-order valence-corrected chi connectivity index (χ3v) is 0.876. The number of carboxylic acid groups (broad SMARTS) is 1. The molecule has 0 spiro atoms. The summed E-state index contributed by atoms with van der Waals surface area (Å²) in [4.78, 5) is 9.84. The van der Waals surface area contributed by atoms with Crippen LogP contribution in [0, 0.1) is 0 Å². The van der Waals surface area contributed by atoms with Crippen molar-refractivity contribution in [3.63, 3.8) is 0 Å². The maximum absolute atomic E-state index is 11.4. The van der Waals surface area contributed by atoms with Crippen LogP contribution in [-0.4, -0.2) is 30.5 Å². The van der Waals surface area contributed by atoms with E-state index in [9.17, 15) is 13.6 Å². The first-order chi connectivity index (χ1) is 5.02. The van der Waals surface area contributed by atoms with E-state index in [-0.39, 0.29) is 6.54 Å². The Labute approximate surface area is 62.1 Å². The molecular formula is C5H9F2NO3. The van der Waals surface area contributed by atoms with Crippen LogP contribution < -0.4 is 5.32 Å². The summed E-state index contributed by atoms with van der Waals surface area (Å²) in [6, 6.07) is 0. The van der Waals surface area contributed by atoms with Gasteiger partial charge in [0, 0.05) is 6.54 Å². The molecule has 1 atom stereocenters. The Kier molecular flexibility index (Phi) is 4.44. The first kappa shape index (κ1) is 10.1. The first-order valence-electron chi connectivity index (χ1n) is 2.92. The number of amides is 1. The molecule has 0 fully saturated rings. The van der Waals surface area contributed by atoms with E-state index in [0.29, 0.717) is 0 Å². The number of carbonyl (C=O) groups is 1. The van der Waals surface area contributed by atoms with E-state index in [4.69, 9.17) is 5.11 Å². The minimum Gasteiger partial charge on any atom is -0.465 e. The van der Waals surface area contributed by atoms with E-state index in [1.165, 1.54) is 6.92 Å². The van der Waals surface area contributed by atoms with Crippen molar-refractivity contribution < 1.29 is 23.4 Å². The lowest BCUT2D eigenvalue weighted by atomic mass is 10.4. The van der Waals surface area contributed by atoms with E-state index in [0.717, 1.165) is 0 Å². The second-order valence-corrected chi connectivity index (χ2v) is 1.89. The maximum Gasteiger partial charge on any atom is 0.404 e. The quantitative estimate of drug-likeness (QED) is 0.656. The predicted molar refractivity (Wildman–Crippen MR) is 32.6 cm³/mol. The summed E-state index contributed by atoms with van der Waals surface area (Å²) in [5.74, 6) is 0. The summed E-state index contributed by atoms with van der Waals surface area (Å²) in [5, 5.41) is 9.95. The Morgan fingerprint density at radius 2 is 2.27 bits per heavy atom. The van der Waals surface area contributed by atoms with Crippen LogP contribution in [0.1, 0.15) is 6.92 Å². The third-order valence-electron chi connectivity index (χ3n) is 0.876. The molecule has 0 aromatic heterocycles. The summed E-state index contributed by atoms with van der Waals surface area (Å²) in [6.45, 7) is -1.65. The van der Waals surface area contributed by atoms with E-state index in [1.807, 2.05) is 5.32 Å². The highest BCUT2D eigenvalue weighted by molar-refractivity contribution is 5.64. The van der Waals surface area contributed by atoms with Gasteiger partial charge in [-0.1, -0.05) is 0 Å². The molecule has 0 saturated heterocycles. The topological polar surface area (TPSA) is 58.6 Å². The first-order valence-corrected chi connectivity index (χ1v) is 2.92. The fourth-order valence-corrected chi connectivity index (χ4v) is 0.455. The molecule has 4 nitrogen and oxygen atoms in total. The molecule has 0 aromatic rings. The molecule has 0 aliphatic heterocycles. The molecule has 0 aliphatic rings. The third kappa shape index (κ3) is 6.98.